The Kier molecular flexibility index (Phi) is 8.90. The van der Waals surface area contributed by atoms with Crippen LogP contribution in [0.15, 0.2) is 51.8 Å². The maximum absolute atomic E-state index is 12.9. The number of halogens is 1. The fraction of sp³-hybridized carbons (Fsp3) is 0.292. The molecule has 0 bridgehead atoms. The van der Waals surface area contributed by atoms with Gasteiger partial charge in [0.1, 0.15) is 16.7 Å². The van der Waals surface area contributed by atoms with Crippen LogP contribution >= 0.6 is 39.9 Å². The van der Waals surface area contributed by atoms with Gasteiger partial charge < -0.3 is 9.47 Å². The van der Waals surface area contributed by atoms with Crippen LogP contribution in [0.3, 0.4) is 0 Å². The minimum atomic E-state index is -0.266. The summed E-state index contributed by atoms with van der Waals surface area (Å²) < 4.78 is 12.4. The third kappa shape index (κ3) is 6.43. The van der Waals surface area contributed by atoms with Gasteiger partial charge in [-0.2, -0.15) is 0 Å². The van der Waals surface area contributed by atoms with Crippen LogP contribution < -0.4 is 4.74 Å². The zero-order valence-corrected chi connectivity index (χ0v) is 21.1. The molecule has 0 aliphatic carbocycles. The first kappa shape index (κ1) is 24.5. The van der Waals surface area contributed by atoms with Gasteiger partial charge in [-0.1, -0.05) is 64.2 Å². The van der Waals surface area contributed by atoms with Gasteiger partial charge in [-0.3, -0.25) is 14.5 Å². The molecule has 2 aromatic carbocycles. The van der Waals surface area contributed by atoms with Crippen LogP contribution in [0.2, 0.25) is 0 Å². The van der Waals surface area contributed by atoms with Crippen molar-refractivity contribution in [3.05, 3.63) is 68.5 Å². The number of esters is 1. The van der Waals surface area contributed by atoms with E-state index in [0.29, 0.717) is 41.2 Å². The van der Waals surface area contributed by atoms with E-state index in [9.17, 15) is 9.59 Å². The van der Waals surface area contributed by atoms with E-state index < -0.39 is 0 Å². The van der Waals surface area contributed by atoms with Gasteiger partial charge >= 0.3 is 5.97 Å². The SMILES string of the molecule is CCOC(=O)CCCN1C(=O)/C(=C\c2cc(Br)ccc2OCc2ccccc2C)SC1=S. The number of thiocarbonyl (C=S) groups is 1. The lowest BCUT2D eigenvalue weighted by Gasteiger charge is -2.14. The summed E-state index contributed by atoms with van der Waals surface area (Å²) in [6.45, 7) is 4.99. The van der Waals surface area contributed by atoms with Crippen molar-refractivity contribution in [3.63, 3.8) is 0 Å². The third-order valence-corrected chi connectivity index (χ3v) is 6.72. The Morgan fingerprint density at radius 1 is 1.25 bits per heavy atom. The first-order valence-corrected chi connectivity index (χ1v) is 12.3. The monoisotopic (exact) mass is 533 g/mol. The predicted molar refractivity (Wildman–Crippen MR) is 135 cm³/mol. The van der Waals surface area contributed by atoms with Crippen LogP contribution in [-0.2, 0) is 20.9 Å². The number of aryl methyl sites for hydroxylation is 1. The predicted octanol–water partition coefficient (Wildman–Crippen LogP) is 5.88. The lowest BCUT2D eigenvalue weighted by Crippen LogP contribution is -2.29. The number of amides is 1. The number of hydrogen-bond donors (Lipinski definition) is 0. The molecule has 5 nitrogen and oxygen atoms in total. The van der Waals surface area contributed by atoms with Crippen LogP contribution in [0.4, 0.5) is 0 Å². The van der Waals surface area contributed by atoms with Gasteiger partial charge in [0.25, 0.3) is 5.91 Å². The molecule has 168 valence electrons. The lowest BCUT2D eigenvalue weighted by molar-refractivity contribution is -0.143. The lowest BCUT2D eigenvalue weighted by atomic mass is 10.1. The molecule has 32 heavy (non-hydrogen) atoms. The zero-order valence-electron chi connectivity index (χ0n) is 17.9. The Morgan fingerprint density at radius 2 is 2.03 bits per heavy atom. The molecular weight excluding hydrogens is 510 g/mol. The second-order valence-electron chi connectivity index (χ2n) is 7.14. The summed E-state index contributed by atoms with van der Waals surface area (Å²) in [6.07, 6.45) is 2.56. The standard InChI is InChI=1S/C24H24BrNO4S2/c1-3-29-22(27)9-6-12-26-23(28)21(32-24(26)31)14-18-13-19(25)10-11-20(18)30-15-17-8-5-4-7-16(17)2/h4-5,7-8,10-11,13-14H,3,6,9,12,15H2,1-2H3/b21-14+. The average Bonchev–Trinajstić information content (AvgIpc) is 3.02. The van der Waals surface area contributed by atoms with Crippen molar-refractivity contribution in [1.82, 2.24) is 4.90 Å². The molecule has 1 amide bonds. The maximum atomic E-state index is 12.9. The molecule has 1 heterocycles. The number of hydrogen-bond acceptors (Lipinski definition) is 6. The van der Waals surface area contributed by atoms with Crippen LogP contribution in [0, 0.1) is 6.92 Å². The number of ether oxygens (including phenoxy) is 2. The van der Waals surface area contributed by atoms with Gasteiger partial charge in [-0.05, 0) is 55.7 Å². The van der Waals surface area contributed by atoms with Crippen molar-refractivity contribution in [1.29, 1.82) is 0 Å². The number of benzene rings is 2. The molecule has 0 aromatic heterocycles. The molecule has 0 atom stereocenters. The summed E-state index contributed by atoms with van der Waals surface area (Å²) in [5, 5.41) is 0. The minimum Gasteiger partial charge on any atom is -0.488 e. The van der Waals surface area contributed by atoms with Gasteiger partial charge in [0, 0.05) is 23.0 Å². The van der Waals surface area contributed by atoms with Crippen molar-refractivity contribution in [2.75, 3.05) is 13.2 Å². The molecule has 0 radical (unpaired) electrons. The summed E-state index contributed by atoms with van der Waals surface area (Å²) in [5.74, 6) is 0.260. The highest BCUT2D eigenvalue weighted by molar-refractivity contribution is 9.10. The van der Waals surface area contributed by atoms with Crippen LogP contribution in [0.5, 0.6) is 5.75 Å². The van der Waals surface area contributed by atoms with E-state index in [0.717, 1.165) is 21.2 Å². The molecule has 0 spiro atoms. The molecular formula is C24H24BrNO4S2. The van der Waals surface area contributed by atoms with E-state index >= 15 is 0 Å². The Labute approximate surface area is 206 Å². The molecule has 3 rings (SSSR count). The molecule has 1 fully saturated rings. The second kappa shape index (κ2) is 11.6. The van der Waals surface area contributed by atoms with E-state index in [1.165, 1.54) is 16.7 Å². The molecule has 1 aliphatic rings. The van der Waals surface area contributed by atoms with Crippen LogP contribution in [-0.4, -0.2) is 34.2 Å². The fourth-order valence-corrected chi connectivity index (χ4v) is 4.82. The largest absolute Gasteiger partial charge is 0.488 e. The number of rotatable bonds is 9. The van der Waals surface area contributed by atoms with Gasteiger partial charge in [-0.15, -0.1) is 0 Å². The number of carbonyl (C=O) groups excluding carboxylic acids is 2. The van der Waals surface area contributed by atoms with Crippen molar-refractivity contribution >= 4 is 62.2 Å². The summed E-state index contributed by atoms with van der Waals surface area (Å²) in [5.41, 5.74) is 3.06. The summed E-state index contributed by atoms with van der Waals surface area (Å²) in [4.78, 5) is 26.5. The molecule has 2 aromatic rings. The van der Waals surface area contributed by atoms with E-state index in [1.54, 1.807) is 6.92 Å². The van der Waals surface area contributed by atoms with Crippen molar-refractivity contribution in [2.45, 2.75) is 33.3 Å². The van der Waals surface area contributed by atoms with Gasteiger partial charge in [0.15, 0.2) is 0 Å². The Morgan fingerprint density at radius 3 is 2.78 bits per heavy atom. The third-order valence-electron chi connectivity index (χ3n) is 4.84. The molecule has 1 saturated heterocycles. The topological polar surface area (TPSA) is 55.8 Å². The first-order valence-electron chi connectivity index (χ1n) is 10.3. The summed E-state index contributed by atoms with van der Waals surface area (Å²) in [6, 6.07) is 13.8. The highest BCUT2D eigenvalue weighted by atomic mass is 79.9. The van der Waals surface area contributed by atoms with E-state index in [2.05, 4.69) is 28.9 Å². The highest BCUT2D eigenvalue weighted by Crippen LogP contribution is 2.35. The smallest absolute Gasteiger partial charge is 0.305 e. The maximum Gasteiger partial charge on any atom is 0.305 e. The number of nitrogens with zero attached hydrogens (tertiary/aromatic N) is 1. The Bertz CT molecular complexity index is 1050. The quantitative estimate of drug-likeness (QED) is 0.228. The van der Waals surface area contributed by atoms with Crippen molar-refractivity contribution in [3.8, 4) is 5.75 Å². The van der Waals surface area contributed by atoms with Gasteiger partial charge in [0.05, 0.1) is 11.5 Å². The van der Waals surface area contributed by atoms with E-state index in [4.69, 9.17) is 21.7 Å². The number of carbonyl (C=O) groups is 2. The number of thioether (sulfide) groups is 1. The second-order valence-corrected chi connectivity index (χ2v) is 9.73. The first-order chi connectivity index (χ1) is 15.4. The van der Waals surface area contributed by atoms with Gasteiger partial charge in [0.2, 0.25) is 0 Å². The van der Waals surface area contributed by atoms with E-state index in [-0.39, 0.29) is 18.3 Å². The molecule has 8 heteroatoms. The zero-order chi connectivity index (χ0) is 23.1. The minimum absolute atomic E-state index is 0.159. The molecule has 0 N–H and O–H groups in total. The Balaban J connectivity index is 1.72. The summed E-state index contributed by atoms with van der Waals surface area (Å²) >= 11 is 10.2. The fourth-order valence-electron chi connectivity index (χ4n) is 3.14. The van der Waals surface area contributed by atoms with Crippen LogP contribution in [0.1, 0.15) is 36.5 Å². The van der Waals surface area contributed by atoms with Crippen molar-refractivity contribution < 1.29 is 19.1 Å². The van der Waals surface area contributed by atoms with Crippen molar-refractivity contribution in [2.24, 2.45) is 0 Å². The molecule has 0 unspecified atom stereocenters. The molecule has 0 saturated carbocycles. The molecule has 1 aliphatic heterocycles. The summed E-state index contributed by atoms with van der Waals surface area (Å²) in [7, 11) is 0. The Hall–Kier alpha value is -2.16. The normalized spacial score (nSPS) is 14.8. The van der Waals surface area contributed by atoms with E-state index in [1.807, 2.05) is 42.5 Å². The van der Waals surface area contributed by atoms with Gasteiger partial charge in [-0.25, -0.2) is 0 Å². The highest BCUT2D eigenvalue weighted by Gasteiger charge is 2.32. The average molecular weight is 534 g/mol. The van der Waals surface area contributed by atoms with Crippen LogP contribution in [0.25, 0.3) is 6.08 Å².